The highest BCUT2D eigenvalue weighted by Crippen LogP contribution is 2.41. The third kappa shape index (κ3) is 5.29. The molecule has 1 aromatic heterocycles. The highest BCUT2D eigenvalue weighted by atomic mass is 32.1. The van der Waals surface area contributed by atoms with Crippen LogP contribution in [-0.4, -0.2) is 72.6 Å². The Morgan fingerprint density at radius 2 is 1.88 bits per heavy atom. The summed E-state index contributed by atoms with van der Waals surface area (Å²) in [6, 6.07) is 10.2. The molecule has 2 aliphatic rings. The number of amides is 1. The lowest BCUT2D eigenvalue weighted by molar-refractivity contribution is -0.140. The van der Waals surface area contributed by atoms with Crippen molar-refractivity contribution in [1.29, 1.82) is 0 Å². The molecule has 8 heteroatoms. The Balaban J connectivity index is 1.61. The maximum atomic E-state index is 13.1. The number of hydrogen-bond donors (Lipinski definition) is 1. The van der Waals surface area contributed by atoms with Gasteiger partial charge in [-0.05, 0) is 41.6 Å². The summed E-state index contributed by atoms with van der Waals surface area (Å²) in [6.07, 6.45) is 0. The minimum absolute atomic E-state index is 0.139. The molecule has 33 heavy (non-hydrogen) atoms. The average molecular weight is 471 g/mol. The van der Waals surface area contributed by atoms with Crippen molar-refractivity contribution in [2.24, 2.45) is 5.92 Å². The largest absolute Gasteiger partial charge is 0.507 e. The number of nitrogens with zero attached hydrogens (tertiary/aromatic N) is 2. The van der Waals surface area contributed by atoms with Crippen LogP contribution in [0.4, 0.5) is 0 Å². The third-order valence-corrected chi connectivity index (χ3v) is 6.75. The number of carbonyl (C=O) groups excluding carboxylic acids is 2. The smallest absolute Gasteiger partial charge is 0.295 e. The lowest BCUT2D eigenvalue weighted by Gasteiger charge is -2.30. The van der Waals surface area contributed by atoms with Gasteiger partial charge in [-0.3, -0.25) is 14.5 Å². The van der Waals surface area contributed by atoms with E-state index in [0.29, 0.717) is 50.1 Å². The average Bonchev–Trinajstić information content (AvgIpc) is 3.44. The van der Waals surface area contributed by atoms with Crippen molar-refractivity contribution in [2.45, 2.75) is 19.9 Å². The van der Waals surface area contributed by atoms with Gasteiger partial charge in [-0.15, -0.1) is 11.3 Å². The zero-order valence-corrected chi connectivity index (χ0v) is 19.8. The second-order valence-electron chi connectivity index (χ2n) is 8.69. The van der Waals surface area contributed by atoms with Crippen molar-refractivity contribution in [2.75, 3.05) is 46.0 Å². The summed E-state index contributed by atoms with van der Waals surface area (Å²) in [4.78, 5) is 30.7. The van der Waals surface area contributed by atoms with Gasteiger partial charge in [0.25, 0.3) is 11.7 Å². The topological polar surface area (TPSA) is 79.3 Å². The maximum Gasteiger partial charge on any atom is 0.295 e. The molecule has 176 valence electrons. The van der Waals surface area contributed by atoms with E-state index in [1.807, 2.05) is 17.5 Å². The number of ether oxygens (including phenoxy) is 2. The lowest BCUT2D eigenvalue weighted by Crippen LogP contribution is -2.42. The summed E-state index contributed by atoms with van der Waals surface area (Å²) >= 11 is 1.47. The van der Waals surface area contributed by atoms with Gasteiger partial charge in [0.1, 0.15) is 11.5 Å². The molecule has 0 spiro atoms. The molecule has 2 fully saturated rings. The van der Waals surface area contributed by atoms with Gasteiger partial charge in [-0.1, -0.05) is 19.9 Å². The summed E-state index contributed by atoms with van der Waals surface area (Å²) in [6.45, 7) is 8.75. The van der Waals surface area contributed by atoms with Gasteiger partial charge < -0.3 is 19.5 Å². The van der Waals surface area contributed by atoms with Gasteiger partial charge in [0.2, 0.25) is 0 Å². The SMILES string of the molecule is CC(C)COc1ccc(/C(O)=C2/C(=O)C(=O)N(CCN3CCOCC3)C2c2cccs2)cc1. The molecule has 0 radical (unpaired) electrons. The molecular weight excluding hydrogens is 440 g/mol. The summed E-state index contributed by atoms with van der Waals surface area (Å²) in [5.74, 6) is -0.275. The second-order valence-corrected chi connectivity index (χ2v) is 9.67. The number of likely N-dealkylation sites (tertiary alicyclic amines) is 1. The van der Waals surface area contributed by atoms with E-state index < -0.39 is 17.7 Å². The first kappa shape index (κ1) is 23.5. The van der Waals surface area contributed by atoms with E-state index in [-0.39, 0.29) is 11.3 Å². The fourth-order valence-corrected chi connectivity index (χ4v) is 4.90. The van der Waals surface area contributed by atoms with Crippen LogP contribution in [0.3, 0.4) is 0 Å². The molecule has 7 nitrogen and oxygen atoms in total. The van der Waals surface area contributed by atoms with Crippen molar-refractivity contribution >= 4 is 28.8 Å². The van der Waals surface area contributed by atoms with E-state index in [0.717, 1.165) is 18.0 Å². The minimum atomic E-state index is -0.645. The van der Waals surface area contributed by atoms with E-state index in [1.165, 1.54) is 11.3 Å². The number of morpholine rings is 1. The number of ketones is 1. The van der Waals surface area contributed by atoms with E-state index >= 15 is 0 Å². The molecule has 4 rings (SSSR count). The number of carbonyl (C=O) groups is 2. The van der Waals surface area contributed by atoms with Gasteiger partial charge in [-0.2, -0.15) is 0 Å². The van der Waals surface area contributed by atoms with Crippen LogP contribution >= 0.6 is 11.3 Å². The molecule has 1 unspecified atom stereocenters. The van der Waals surface area contributed by atoms with E-state index in [4.69, 9.17) is 9.47 Å². The molecular formula is C25H30N2O5S. The zero-order chi connectivity index (χ0) is 23.4. The van der Waals surface area contributed by atoms with Crippen LogP contribution in [0.2, 0.25) is 0 Å². The Kier molecular flexibility index (Phi) is 7.47. The first-order valence-corrected chi connectivity index (χ1v) is 12.2. The van der Waals surface area contributed by atoms with Crippen LogP contribution < -0.4 is 4.74 Å². The molecule has 1 amide bonds. The third-order valence-electron chi connectivity index (χ3n) is 5.82. The summed E-state index contributed by atoms with van der Waals surface area (Å²) in [7, 11) is 0. The van der Waals surface area contributed by atoms with E-state index in [1.54, 1.807) is 29.2 Å². The van der Waals surface area contributed by atoms with Crippen LogP contribution in [0.5, 0.6) is 5.75 Å². The maximum absolute atomic E-state index is 13.1. The van der Waals surface area contributed by atoms with Crippen molar-refractivity contribution in [3.8, 4) is 5.75 Å². The number of thiophene rings is 1. The van der Waals surface area contributed by atoms with E-state index in [9.17, 15) is 14.7 Å². The molecule has 1 N–H and O–H groups in total. The van der Waals surface area contributed by atoms with Crippen LogP contribution in [0.25, 0.3) is 5.76 Å². The second kappa shape index (κ2) is 10.5. The van der Waals surface area contributed by atoms with Crippen LogP contribution in [0.15, 0.2) is 47.4 Å². The Hall–Kier alpha value is -2.68. The lowest BCUT2D eigenvalue weighted by atomic mass is 10.00. The van der Waals surface area contributed by atoms with Gasteiger partial charge in [0, 0.05) is 36.6 Å². The summed E-state index contributed by atoms with van der Waals surface area (Å²) in [5.41, 5.74) is 0.625. The predicted molar refractivity (Wildman–Crippen MR) is 127 cm³/mol. The van der Waals surface area contributed by atoms with E-state index in [2.05, 4.69) is 18.7 Å². The fraction of sp³-hybridized carbons (Fsp3) is 0.440. The summed E-state index contributed by atoms with van der Waals surface area (Å²) in [5, 5.41) is 13.1. The Labute approximate surface area is 198 Å². The molecule has 0 aliphatic carbocycles. The normalized spacial score (nSPS) is 21.2. The molecule has 0 saturated carbocycles. The Morgan fingerprint density at radius 1 is 1.15 bits per heavy atom. The predicted octanol–water partition coefficient (Wildman–Crippen LogP) is 3.54. The highest BCUT2D eigenvalue weighted by molar-refractivity contribution is 7.10. The van der Waals surface area contributed by atoms with Crippen molar-refractivity contribution in [1.82, 2.24) is 9.80 Å². The van der Waals surface area contributed by atoms with Crippen LogP contribution in [0, 0.1) is 5.92 Å². The Bertz CT molecular complexity index is 994. The number of rotatable bonds is 8. The minimum Gasteiger partial charge on any atom is -0.507 e. The number of hydrogen-bond acceptors (Lipinski definition) is 7. The van der Waals surface area contributed by atoms with Gasteiger partial charge in [0.15, 0.2) is 0 Å². The number of benzene rings is 1. The number of Topliss-reactive ketones (excluding diaryl/α,β-unsaturated/α-hetero) is 1. The van der Waals surface area contributed by atoms with Crippen molar-refractivity contribution in [3.63, 3.8) is 0 Å². The molecule has 2 aliphatic heterocycles. The Morgan fingerprint density at radius 3 is 2.52 bits per heavy atom. The highest BCUT2D eigenvalue weighted by Gasteiger charge is 2.46. The molecule has 2 saturated heterocycles. The van der Waals surface area contributed by atoms with Crippen molar-refractivity contribution < 1.29 is 24.2 Å². The molecule has 1 atom stereocenters. The molecule has 1 aromatic carbocycles. The first-order chi connectivity index (χ1) is 16.0. The van der Waals surface area contributed by atoms with Gasteiger partial charge in [0.05, 0.1) is 31.4 Å². The molecule has 3 heterocycles. The van der Waals surface area contributed by atoms with Gasteiger partial charge in [-0.25, -0.2) is 0 Å². The quantitative estimate of drug-likeness (QED) is 0.361. The van der Waals surface area contributed by atoms with Gasteiger partial charge >= 0.3 is 0 Å². The van der Waals surface area contributed by atoms with Crippen molar-refractivity contribution in [3.05, 3.63) is 57.8 Å². The molecule has 2 aromatic rings. The summed E-state index contributed by atoms with van der Waals surface area (Å²) < 4.78 is 11.1. The first-order valence-electron chi connectivity index (χ1n) is 11.3. The fourth-order valence-electron chi connectivity index (χ4n) is 4.05. The standard InChI is InChI=1S/C25H30N2O5S/c1-17(2)16-32-19-7-5-18(6-8-19)23(28)21-22(20-4-3-15-33-20)27(25(30)24(21)29)10-9-26-11-13-31-14-12-26/h3-8,15,17,22,28H,9-14,16H2,1-2H3/b23-21-. The van der Waals surface area contributed by atoms with Crippen LogP contribution in [0.1, 0.15) is 30.3 Å². The van der Waals surface area contributed by atoms with Crippen LogP contribution in [-0.2, 0) is 14.3 Å². The number of aliphatic hydroxyl groups excluding tert-OH is 1. The molecule has 0 bridgehead atoms. The zero-order valence-electron chi connectivity index (χ0n) is 19.0. The monoisotopic (exact) mass is 470 g/mol. The number of aliphatic hydroxyl groups is 1.